The number of hydrogen-bond acceptors (Lipinski definition) is 4. The maximum absolute atomic E-state index is 6.40. The van der Waals surface area contributed by atoms with Crippen molar-refractivity contribution in [1.29, 1.82) is 0 Å². The monoisotopic (exact) mass is 339 g/mol. The summed E-state index contributed by atoms with van der Waals surface area (Å²) in [4.78, 5) is 4.33. The lowest BCUT2D eigenvalue weighted by Gasteiger charge is -2.32. The van der Waals surface area contributed by atoms with Gasteiger partial charge in [0.05, 0.1) is 12.1 Å². The zero-order valence-corrected chi connectivity index (χ0v) is 14.0. The molecule has 2 aromatic carbocycles. The zero-order chi connectivity index (χ0) is 16.7. The van der Waals surface area contributed by atoms with Gasteiger partial charge in [-0.2, -0.15) is 4.98 Å². The molecule has 0 radical (unpaired) electrons. The Morgan fingerprint density at radius 1 is 1.21 bits per heavy atom. The summed E-state index contributed by atoms with van der Waals surface area (Å²) >= 11 is 6.40. The number of hydrogen-bond donors (Lipinski definition) is 2. The Morgan fingerprint density at radius 2 is 2.04 bits per heavy atom. The van der Waals surface area contributed by atoms with Gasteiger partial charge >= 0.3 is 0 Å². The van der Waals surface area contributed by atoms with Gasteiger partial charge in [0.2, 0.25) is 11.9 Å². The summed E-state index contributed by atoms with van der Waals surface area (Å²) in [7, 11) is 0. The molecule has 0 fully saturated rings. The molecule has 3 aromatic rings. The van der Waals surface area contributed by atoms with E-state index in [1.54, 1.807) is 0 Å². The van der Waals surface area contributed by atoms with E-state index in [-0.39, 0.29) is 18.0 Å². The first kappa shape index (κ1) is 15.0. The molecule has 3 N–H and O–H groups in total. The zero-order valence-electron chi connectivity index (χ0n) is 13.3. The maximum Gasteiger partial charge on any atom is 0.241 e. The second-order valence-corrected chi connectivity index (χ2v) is 6.53. The van der Waals surface area contributed by atoms with Crippen LogP contribution in [-0.4, -0.2) is 14.8 Å². The molecule has 5 nitrogen and oxygen atoms in total. The van der Waals surface area contributed by atoms with Crippen LogP contribution in [-0.2, 0) is 0 Å². The molecule has 2 heterocycles. The third-order valence-corrected chi connectivity index (χ3v) is 4.76. The van der Waals surface area contributed by atoms with E-state index in [0.717, 1.165) is 17.0 Å². The number of benzene rings is 2. The smallest absolute Gasteiger partial charge is 0.241 e. The predicted octanol–water partition coefficient (Wildman–Crippen LogP) is 3.97. The number of nitrogens with two attached hydrogens (primary N) is 1. The first-order valence-corrected chi connectivity index (χ1v) is 8.29. The van der Waals surface area contributed by atoms with Crippen molar-refractivity contribution in [2.45, 2.75) is 25.4 Å². The molecule has 24 heavy (non-hydrogen) atoms. The average molecular weight is 340 g/mol. The van der Waals surface area contributed by atoms with Gasteiger partial charge in [-0.25, -0.2) is 4.68 Å². The number of nitrogens with zero attached hydrogens (tertiary/aromatic N) is 3. The van der Waals surface area contributed by atoms with E-state index in [0.29, 0.717) is 5.95 Å². The average Bonchev–Trinajstić information content (AvgIpc) is 2.94. The Labute approximate surface area is 145 Å². The summed E-state index contributed by atoms with van der Waals surface area (Å²) in [5, 5.41) is 8.54. The van der Waals surface area contributed by atoms with Crippen LogP contribution in [0.2, 0.25) is 5.02 Å². The van der Waals surface area contributed by atoms with E-state index in [9.17, 15) is 0 Å². The molecule has 122 valence electrons. The number of anilines is 2. The van der Waals surface area contributed by atoms with Crippen LogP contribution in [0.3, 0.4) is 0 Å². The molecule has 4 rings (SSSR count). The van der Waals surface area contributed by atoms with Crippen molar-refractivity contribution in [3.63, 3.8) is 0 Å². The van der Waals surface area contributed by atoms with Crippen LogP contribution < -0.4 is 11.1 Å². The van der Waals surface area contributed by atoms with Crippen molar-refractivity contribution in [1.82, 2.24) is 14.8 Å². The molecule has 0 saturated heterocycles. The predicted molar refractivity (Wildman–Crippen MR) is 96.2 cm³/mol. The molecule has 0 spiro atoms. The second kappa shape index (κ2) is 5.83. The molecular weight excluding hydrogens is 322 g/mol. The molecule has 0 unspecified atom stereocenters. The number of rotatable bonds is 2. The Kier molecular flexibility index (Phi) is 3.65. The number of aryl methyl sites for hydroxylation is 1. The highest BCUT2D eigenvalue weighted by molar-refractivity contribution is 6.31. The molecule has 0 aliphatic carbocycles. The minimum atomic E-state index is 0.0558. The maximum atomic E-state index is 6.40. The highest BCUT2D eigenvalue weighted by atomic mass is 35.5. The minimum absolute atomic E-state index is 0.0558. The number of fused-ring (bicyclic) bond motifs is 1. The van der Waals surface area contributed by atoms with Crippen LogP contribution in [0.15, 0.2) is 48.5 Å². The van der Waals surface area contributed by atoms with Gasteiger partial charge in [0.1, 0.15) is 0 Å². The fourth-order valence-electron chi connectivity index (χ4n) is 3.31. The van der Waals surface area contributed by atoms with Crippen molar-refractivity contribution < 1.29 is 0 Å². The van der Waals surface area contributed by atoms with Crippen molar-refractivity contribution in [3.8, 4) is 0 Å². The first-order chi connectivity index (χ1) is 11.6. The van der Waals surface area contributed by atoms with E-state index in [4.69, 9.17) is 17.3 Å². The van der Waals surface area contributed by atoms with Gasteiger partial charge in [-0.05, 0) is 30.5 Å². The van der Waals surface area contributed by atoms with E-state index in [1.165, 1.54) is 11.1 Å². The lowest BCUT2D eigenvalue weighted by molar-refractivity contribution is 0.431. The van der Waals surface area contributed by atoms with Gasteiger partial charge in [-0.3, -0.25) is 0 Å². The summed E-state index contributed by atoms with van der Waals surface area (Å²) in [6, 6.07) is 16.5. The molecule has 2 atom stereocenters. The van der Waals surface area contributed by atoms with E-state index in [1.807, 2.05) is 28.9 Å². The van der Waals surface area contributed by atoms with Gasteiger partial charge in [-0.1, -0.05) is 59.6 Å². The van der Waals surface area contributed by atoms with Gasteiger partial charge in [0.15, 0.2) is 0 Å². The SMILES string of the molecule is Cc1cccc([C@@H]2C[C@@H](c3ccccc3Cl)Nc3nc(N)nn32)c1. The van der Waals surface area contributed by atoms with Gasteiger partial charge < -0.3 is 11.1 Å². The number of aromatic nitrogens is 3. The quantitative estimate of drug-likeness (QED) is 0.741. The van der Waals surface area contributed by atoms with Crippen molar-refractivity contribution in [3.05, 3.63) is 70.2 Å². The van der Waals surface area contributed by atoms with E-state index >= 15 is 0 Å². The summed E-state index contributed by atoms with van der Waals surface area (Å²) in [5.74, 6) is 0.949. The number of halogens is 1. The molecule has 0 amide bonds. The van der Waals surface area contributed by atoms with Crippen molar-refractivity contribution in [2.75, 3.05) is 11.1 Å². The van der Waals surface area contributed by atoms with E-state index in [2.05, 4.69) is 46.6 Å². The molecule has 1 aliphatic heterocycles. The highest BCUT2D eigenvalue weighted by Gasteiger charge is 2.31. The fourth-order valence-corrected chi connectivity index (χ4v) is 3.58. The van der Waals surface area contributed by atoms with Gasteiger partial charge in [0.25, 0.3) is 0 Å². The molecule has 0 bridgehead atoms. The third-order valence-electron chi connectivity index (χ3n) is 4.41. The van der Waals surface area contributed by atoms with Crippen LogP contribution in [0.4, 0.5) is 11.9 Å². The molecule has 6 heteroatoms. The number of nitrogens with one attached hydrogen (secondary N) is 1. The Bertz CT molecular complexity index is 889. The van der Waals surface area contributed by atoms with Crippen LogP contribution in [0.1, 0.15) is 35.2 Å². The summed E-state index contributed by atoms with van der Waals surface area (Å²) in [6.45, 7) is 2.09. The van der Waals surface area contributed by atoms with Gasteiger partial charge in [0, 0.05) is 5.02 Å². The Hall–Kier alpha value is -2.53. The first-order valence-electron chi connectivity index (χ1n) is 7.91. The second-order valence-electron chi connectivity index (χ2n) is 6.12. The summed E-state index contributed by atoms with van der Waals surface area (Å²) in [5.41, 5.74) is 9.31. The minimum Gasteiger partial charge on any atom is -0.366 e. The highest BCUT2D eigenvalue weighted by Crippen LogP contribution is 2.39. The standard InChI is InChI=1S/C18H18ClN5/c1-11-5-4-6-12(9-11)16-10-15(13-7-2-3-8-14(13)19)21-18-22-17(20)23-24(16)18/h2-9,15-16H,10H2,1H3,(H3,20,21,22,23)/t15-,16-/m0/s1. The largest absolute Gasteiger partial charge is 0.366 e. The van der Waals surface area contributed by atoms with Crippen LogP contribution in [0, 0.1) is 6.92 Å². The summed E-state index contributed by atoms with van der Waals surface area (Å²) < 4.78 is 1.87. The van der Waals surface area contributed by atoms with E-state index < -0.39 is 0 Å². The fraction of sp³-hybridized carbons (Fsp3) is 0.222. The third kappa shape index (κ3) is 2.61. The van der Waals surface area contributed by atoms with Crippen LogP contribution in [0.5, 0.6) is 0 Å². The van der Waals surface area contributed by atoms with Crippen LogP contribution in [0.25, 0.3) is 0 Å². The van der Waals surface area contributed by atoms with Gasteiger partial charge in [-0.15, -0.1) is 5.10 Å². The lowest BCUT2D eigenvalue weighted by atomic mass is 9.92. The molecular formula is C18H18ClN5. The van der Waals surface area contributed by atoms with Crippen molar-refractivity contribution in [2.24, 2.45) is 0 Å². The molecule has 1 aromatic heterocycles. The van der Waals surface area contributed by atoms with Crippen LogP contribution >= 0.6 is 11.6 Å². The molecule has 1 aliphatic rings. The van der Waals surface area contributed by atoms with Crippen molar-refractivity contribution >= 4 is 23.5 Å². The Balaban J connectivity index is 1.79. The Morgan fingerprint density at radius 3 is 2.83 bits per heavy atom. The summed E-state index contributed by atoms with van der Waals surface area (Å²) in [6.07, 6.45) is 0.822. The normalized spacial score (nSPS) is 19.6. The number of nitrogen functional groups attached to an aromatic ring is 1. The lowest BCUT2D eigenvalue weighted by Crippen LogP contribution is -2.28. The molecule has 0 saturated carbocycles. The topological polar surface area (TPSA) is 68.8 Å².